The van der Waals surface area contributed by atoms with Crippen molar-refractivity contribution in [1.29, 1.82) is 0 Å². The molecule has 0 aromatic carbocycles. The number of nitrogens with zero attached hydrogens (tertiary/aromatic N) is 4. The first-order valence-electron chi connectivity index (χ1n) is 10.5. The van der Waals surface area contributed by atoms with Crippen LogP contribution in [0.1, 0.15) is 43.0 Å². The molecule has 1 aliphatic heterocycles. The second-order valence-corrected chi connectivity index (χ2v) is 8.89. The number of fused-ring (bicyclic) bond motifs is 1. The maximum Gasteiger partial charge on any atom is 0.0802 e. The van der Waals surface area contributed by atoms with E-state index in [2.05, 4.69) is 44.9 Å². The molecule has 0 N–H and O–H groups in total. The Morgan fingerprint density at radius 1 is 1.15 bits per heavy atom. The van der Waals surface area contributed by atoms with E-state index in [0.29, 0.717) is 12.1 Å². The van der Waals surface area contributed by atoms with Crippen molar-refractivity contribution in [2.75, 3.05) is 19.7 Å². The maximum absolute atomic E-state index is 6.45. The van der Waals surface area contributed by atoms with Gasteiger partial charge in [-0.25, -0.2) is 0 Å². The van der Waals surface area contributed by atoms with Crippen LogP contribution in [0.15, 0.2) is 36.8 Å². The van der Waals surface area contributed by atoms with Gasteiger partial charge < -0.3 is 4.74 Å². The lowest BCUT2D eigenvalue weighted by atomic mass is 9.77. The number of hydrogen-bond acceptors (Lipinski definition) is 4. The Morgan fingerprint density at radius 3 is 2.70 bits per heavy atom. The molecule has 3 aliphatic rings. The fourth-order valence-corrected chi connectivity index (χ4v) is 4.95. The molecule has 0 unspecified atom stereocenters. The first-order chi connectivity index (χ1) is 13.2. The highest BCUT2D eigenvalue weighted by molar-refractivity contribution is 5.06. The SMILES string of the molecule is Cc1cnn([C@H]2C[C@H]3CN(Cc4ccccn4)C[C@H]3C[C@@H]2OCC2CC2)c1. The van der Waals surface area contributed by atoms with Crippen LogP contribution in [0.4, 0.5) is 0 Å². The predicted molar refractivity (Wildman–Crippen MR) is 104 cm³/mol. The van der Waals surface area contributed by atoms with Gasteiger partial charge in [0, 0.05) is 38.6 Å². The van der Waals surface area contributed by atoms with Gasteiger partial charge >= 0.3 is 0 Å². The Bertz CT molecular complexity index is 757. The predicted octanol–water partition coefficient (Wildman–Crippen LogP) is 3.46. The third kappa shape index (κ3) is 3.94. The number of pyridine rings is 1. The van der Waals surface area contributed by atoms with E-state index in [1.54, 1.807) is 0 Å². The molecule has 3 fully saturated rings. The average Bonchev–Trinajstić information content (AvgIpc) is 3.28. The smallest absolute Gasteiger partial charge is 0.0802 e. The Kier molecular flexibility index (Phi) is 4.74. The minimum atomic E-state index is 0.306. The van der Waals surface area contributed by atoms with Gasteiger partial charge in [-0.1, -0.05) is 6.07 Å². The van der Waals surface area contributed by atoms with Crippen LogP contribution >= 0.6 is 0 Å². The van der Waals surface area contributed by atoms with Crippen molar-refractivity contribution in [1.82, 2.24) is 19.7 Å². The summed E-state index contributed by atoms with van der Waals surface area (Å²) in [6.07, 6.45) is 11.4. The van der Waals surface area contributed by atoms with Crippen LogP contribution in [-0.4, -0.2) is 45.5 Å². The van der Waals surface area contributed by atoms with Crippen LogP contribution in [0.3, 0.4) is 0 Å². The molecule has 4 atom stereocenters. The molecule has 0 amide bonds. The van der Waals surface area contributed by atoms with E-state index in [9.17, 15) is 0 Å². The summed E-state index contributed by atoms with van der Waals surface area (Å²) < 4.78 is 8.64. The quantitative estimate of drug-likeness (QED) is 0.785. The highest BCUT2D eigenvalue weighted by Crippen LogP contribution is 2.43. The normalized spacial score (nSPS) is 31.1. The van der Waals surface area contributed by atoms with E-state index in [1.807, 2.05) is 18.5 Å². The zero-order chi connectivity index (χ0) is 18.2. The molecule has 3 heterocycles. The number of likely N-dealkylation sites (tertiary alicyclic amines) is 1. The van der Waals surface area contributed by atoms with E-state index in [-0.39, 0.29) is 0 Å². The van der Waals surface area contributed by atoms with Gasteiger partial charge in [0.2, 0.25) is 0 Å². The summed E-state index contributed by atoms with van der Waals surface area (Å²) in [4.78, 5) is 7.10. The van der Waals surface area contributed by atoms with E-state index < -0.39 is 0 Å². The molecule has 5 nitrogen and oxygen atoms in total. The maximum atomic E-state index is 6.45. The standard InChI is InChI=1S/C22H30N4O/c1-16-10-24-26(11-16)21-8-18-12-25(14-20-4-2-3-7-23-20)13-19(18)9-22(21)27-15-17-5-6-17/h2-4,7,10-11,17-19,21-22H,5-6,8-9,12-15H2,1H3/t18-,19+,21-,22-/m0/s1. The average molecular weight is 367 g/mol. The molecule has 0 radical (unpaired) electrons. The van der Waals surface area contributed by atoms with E-state index in [1.165, 1.54) is 50.0 Å². The number of aryl methyl sites for hydroxylation is 1. The highest BCUT2D eigenvalue weighted by Gasteiger charge is 2.44. The van der Waals surface area contributed by atoms with Crippen molar-refractivity contribution in [3.8, 4) is 0 Å². The fourth-order valence-electron chi connectivity index (χ4n) is 4.95. The number of rotatable bonds is 6. The van der Waals surface area contributed by atoms with Gasteiger partial charge in [-0.2, -0.15) is 5.10 Å². The molecule has 2 saturated carbocycles. The van der Waals surface area contributed by atoms with Gasteiger partial charge in [0.05, 0.1) is 24.0 Å². The van der Waals surface area contributed by atoms with Crippen molar-refractivity contribution in [3.05, 3.63) is 48.0 Å². The Morgan fingerprint density at radius 2 is 2.00 bits per heavy atom. The van der Waals surface area contributed by atoms with Crippen LogP contribution in [0, 0.1) is 24.7 Å². The molecule has 2 aliphatic carbocycles. The van der Waals surface area contributed by atoms with Crippen molar-refractivity contribution in [2.24, 2.45) is 17.8 Å². The van der Waals surface area contributed by atoms with Gasteiger partial charge in [0.1, 0.15) is 0 Å². The number of ether oxygens (including phenoxy) is 1. The van der Waals surface area contributed by atoms with Crippen LogP contribution in [0.2, 0.25) is 0 Å². The minimum Gasteiger partial charge on any atom is -0.376 e. The molecule has 1 saturated heterocycles. The zero-order valence-corrected chi connectivity index (χ0v) is 16.2. The molecule has 27 heavy (non-hydrogen) atoms. The Hall–Kier alpha value is -1.72. The van der Waals surface area contributed by atoms with Gasteiger partial charge in [0.15, 0.2) is 0 Å². The fraction of sp³-hybridized carbons (Fsp3) is 0.636. The summed E-state index contributed by atoms with van der Waals surface area (Å²) in [5, 5.41) is 4.65. The molecule has 5 rings (SSSR count). The van der Waals surface area contributed by atoms with Gasteiger partial charge in [0.25, 0.3) is 0 Å². The van der Waals surface area contributed by atoms with Crippen LogP contribution in [0.5, 0.6) is 0 Å². The molecular weight excluding hydrogens is 336 g/mol. The summed E-state index contributed by atoms with van der Waals surface area (Å²) in [5.74, 6) is 2.29. The van der Waals surface area contributed by atoms with Crippen LogP contribution < -0.4 is 0 Å². The lowest BCUT2D eigenvalue weighted by molar-refractivity contribution is -0.0371. The van der Waals surface area contributed by atoms with Crippen LogP contribution in [0.25, 0.3) is 0 Å². The summed E-state index contributed by atoms with van der Waals surface area (Å²) in [5.41, 5.74) is 2.41. The van der Waals surface area contributed by atoms with Crippen molar-refractivity contribution < 1.29 is 4.74 Å². The molecular formula is C22H30N4O. The Labute approximate surface area is 161 Å². The molecule has 0 spiro atoms. The third-order valence-corrected chi connectivity index (χ3v) is 6.59. The molecule has 2 aromatic rings. The topological polar surface area (TPSA) is 43.2 Å². The lowest BCUT2D eigenvalue weighted by Crippen LogP contribution is -2.38. The first kappa shape index (κ1) is 17.4. The first-order valence-corrected chi connectivity index (χ1v) is 10.5. The van der Waals surface area contributed by atoms with E-state index in [4.69, 9.17) is 4.74 Å². The van der Waals surface area contributed by atoms with E-state index in [0.717, 1.165) is 30.9 Å². The molecule has 2 aromatic heterocycles. The second kappa shape index (κ2) is 7.36. The highest BCUT2D eigenvalue weighted by atomic mass is 16.5. The summed E-state index contributed by atoms with van der Waals surface area (Å²) in [6, 6.07) is 6.60. The molecule has 0 bridgehead atoms. The van der Waals surface area contributed by atoms with Gasteiger partial charge in [-0.3, -0.25) is 14.6 Å². The van der Waals surface area contributed by atoms with Gasteiger partial charge in [-0.05, 0) is 68.1 Å². The number of aromatic nitrogens is 3. The Balaban J connectivity index is 1.28. The van der Waals surface area contributed by atoms with Gasteiger partial charge in [-0.15, -0.1) is 0 Å². The molecule has 5 heteroatoms. The third-order valence-electron chi connectivity index (χ3n) is 6.59. The van der Waals surface area contributed by atoms with E-state index >= 15 is 0 Å². The summed E-state index contributed by atoms with van der Waals surface area (Å²) in [6.45, 7) is 6.38. The summed E-state index contributed by atoms with van der Waals surface area (Å²) in [7, 11) is 0. The van der Waals surface area contributed by atoms with Crippen molar-refractivity contribution in [2.45, 2.75) is 51.3 Å². The van der Waals surface area contributed by atoms with Crippen molar-refractivity contribution >= 4 is 0 Å². The monoisotopic (exact) mass is 366 g/mol. The molecule has 144 valence electrons. The second-order valence-electron chi connectivity index (χ2n) is 8.89. The summed E-state index contributed by atoms with van der Waals surface area (Å²) >= 11 is 0. The zero-order valence-electron chi connectivity index (χ0n) is 16.2. The largest absolute Gasteiger partial charge is 0.376 e. The number of hydrogen-bond donors (Lipinski definition) is 0. The van der Waals surface area contributed by atoms with Crippen molar-refractivity contribution in [3.63, 3.8) is 0 Å². The van der Waals surface area contributed by atoms with Crippen LogP contribution in [-0.2, 0) is 11.3 Å². The minimum absolute atomic E-state index is 0.306. The lowest BCUT2D eigenvalue weighted by Gasteiger charge is -2.38.